The second kappa shape index (κ2) is 7.03. The molecule has 1 N–H and O–H groups in total. The van der Waals surface area contributed by atoms with E-state index in [4.69, 9.17) is 4.52 Å². The predicted molar refractivity (Wildman–Crippen MR) is 99.4 cm³/mol. The molecule has 0 saturated carbocycles. The second-order valence-corrected chi connectivity index (χ2v) is 9.09. The zero-order valence-corrected chi connectivity index (χ0v) is 15.6. The third-order valence-corrected chi connectivity index (χ3v) is 4.90. The van der Waals surface area contributed by atoms with Crippen LogP contribution in [0, 0.1) is 5.41 Å². The maximum Gasteiger partial charge on any atom is 0.262 e. The van der Waals surface area contributed by atoms with Crippen molar-refractivity contribution in [2.75, 3.05) is 0 Å². The number of hydrogen-bond donors (Lipinski definition) is 1. The fraction of sp³-hybridized carbons (Fsp3) is 0.400. The molecule has 2 aromatic rings. The summed E-state index contributed by atoms with van der Waals surface area (Å²) < 4.78 is 5.69. The average Bonchev–Trinajstić information content (AvgIpc) is 2.46. The summed E-state index contributed by atoms with van der Waals surface area (Å²) in [5, 5.41) is 0.819. The first-order valence-electron chi connectivity index (χ1n) is 8.00. The van der Waals surface area contributed by atoms with E-state index < -0.39 is 8.38 Å². The molecule has 0 saturated heterocycles. The topological polar surface area (TPSA) is 29.5 Å². The van der Waals surface area contributed by atoms with E-state index in [1.165, 1.54) is 5.56 Å². The average molecular weight is 330 g/mol. The molecule has 0 aliphatic heterocycles. The van der Waals surface area contributed by atoms with Crippen LogP contribution in [-0.4, -0.2) is 4.89 Å². The van der Waals surface area contributed by atoms with Gasteiger partial charge in [0.05, 0.1) is 0 Å². The van der Waals surface area contributed by atoms with Gasteiger partial charge < -0.3 is 9.42 Å². The van der Waals surface area contributed by atoms with Crippen molar-refractivity contribution in [2.24, 2.45) is 5.41 Å². The Morgan fingerprint density at radius 1 is 0.870 bits per heavy atom. The molecule has 0 bridgehead atoms. The first-order chi connectivity index (χ1) is 10.7. The van der Waals surface area contributed by atoms with E-state index in [1.807, 2.05) is 42.5 Å². The van der Waals surface area contributed by atoms with Gasteiger partial charge >= 0.3 is 0 Å². The van der Waals surface area contributed by atoms with Crippen molar-refractivity contribution in [2.45, 2.75) is 46.5 Å². The van der Waals surface area contributed by atoms with Crippen LogP contribution in [0.2, 0.25) is 0 Å². The maximum absolute atomic E-state index is 10.2. The summed E-state index contributed by atoms with van der Waals surface area (Å²) in [6, 6.07) is 17.6. The molecule has 0 aromatic heterocycles. The summed E-state index contributed by atoms with van der Waals surface area (Å²) in [6.07, 6.45) is 1.11. The fourth-order valence-corrected chi connectivity index (χ4v) is 3.96. The van der Waals surface area contributed by atoms with Gasteiger partial charge in [-0.25, -0.2) is 0 Å². The summed E-state index contributed by atoms with van der Waals surface area (Å²) in [7, 11) is -1.61. The van der Waals surface area contributed by atoms with Gasteiger partial charge in [-0.15, -0.1) is 0 Å². The highest BCUT2D eigenvalue weighted by molar-refractivity contribution is 7.55. The van der Waals surface area contributed by atoms with Crippen molar-refractivity contribution in [3.63, 3.8) is 0 Å². The normalized spacial score (nSPS) is 13.7. The summed E-state index contributed by atoms with van der Waals surface area (Å²) >= 11 is 0. The molecule has 0 fully saturated rings. The minimum atomic E-state index is -1.61. The van der Waals surface area contributed by atoms with Gasteiger partial charge in [0.25, 0.3) is 8.38 Å². The van der Waals surface area contributed by atoms with E-state index >= 15 is 0 Å². The highest BCUT2D eigenvalue weighted by Crippen LogP contribution is 2.38. The van der Waals surface area contributed by atoms with Gasteiger partial charge in [0, 0.05) is 5.30 Å². The molecule has 3 heteroatoms. The van der Waals surface area contributed by atoms with Crippen LogP contribution >= 0.6 is 8.38 Å². The van der Waals surface area contributed by atoms with E-state index in [-0.39, 0.29) is 10.8 Å². The zero-order chi connectivity index (χ0) is 17.1. The molecule has 0 aliphatic rings. The van der Waals surface area contributed by atoms with Crippen molar-refractivity contribution in [3.05, 3.63) is 60.2 Å². The molecule has 0 radical (unpaired) electrons. The Hall–Kier alpha value is -1.37. The third kappa shape index (κ3) is 5.34. The van der Waals surface area contributed by atoms with Gasteiger partial charge in [-0.3, -0.25) is 0 Å². The van der Waals surface area contributed by atoms with E-state index in [2.05, 4.69) is 46.8 Å². The predicted octanol–water partition coefficient (Wildman–Crippen LogP) is 5.41. The molecule has 2 aromatic carbocycles. The zero-order valence-electron chi connectivity index (χ0n) is 14.7. The van der Waals surface area contributed by atoms with Crippen LogP contribution in [0.25, 0.3) is 0 Å². The Labute approximate surface area is 141 Å². The first-order valence-corrected chi connectivity index (χ1v) is 9.21. The molecule has 1 unspecified atom stereocenters. The SMILES string of the molecule is CC(C)(C)CC(C)(C)c1ccc(OP(O)c2ccccc2)cc1. The molecule has 0 heterocycles. The van der Waals surface area contributed by atoms with E-state index in [9.17, 15) is 4.89 Å². The molecular weight excluding hydrogens is 303 g/mol. The lowest BCUT2D eigenvalue weighted by atomic mass is 9.72. The van der Waals surface area contributed by atoms with Gasteiger partial charge in [-0.05, 0) is 47.1 Å². The molecule has 0 amide bonds. The van der Waals surface area contributed by atoms with Crippen molar-refractivity contribution in [1.29, 1.82) is 0 Å². The smallest absolute Gasteiger partial charge is 0.262 e. The van der Waals surface area contributed by atoms with Gasteiger partial charge in [0.15, 0.2) is 0 Å². The van der Waals surface area contributed by atoms with Crippen molar-refractivity contribution >= 4 is 13.7 Å². The molecule has 1 atom stereocenters. The van der Waals surface area contributed by atoms with E-state index in [1.54, 1.807) is 0 Å². The Balaban J connectivity index is 2.08. The lowest BCUT2D eigenvalue weighted by molar-refractivity contribution is 0.284. The van der Waals surface area contributed by atoms with Crippen LogP contribution in [-0.2, 0) is 5.41 Å². The minimum absolute atomic E-state index is 0.111. The quantitative estimate of drug-likeness (QED) is 0.743. The molecule has 0 spiro atoms. The van der Waals surface area contributed by atoms with Crippen LogP contribution in [0.4, 0.5) is 0 Å². The molecule has 124 valence electrons. The summed E-state index contributed by atoms with van der Waals surface area (Å²) in [5.74, 6) is 0.706. The lowest BCUT2D eigenvalue weighted by Gasteiger charge is -2.33. The summed E-state index contributed by atoms with van der Waals surface area (Å²) in [4.78, 5) is 10.2. The van der Waals surface area contributed by atoms with Crippen LogP contribution in [0.5, 0.6) is 5.75 Å². The summed E-state index contributed by atoms with van der Waals surface area (Å²) in [6.45, 7) is 11.4. The summed E-state index contributed by atoms with van der Waals surface area (Å²) in [5.41, 5.74) is 1.69. The Morgan fingerprint density at radius 2 is 1.43 bits per heavy atom. The van der Waals surface area contributed by atoms with Gasteiger partial charge in [-0.1, -0.05) is 65.0 Å². The Morgan fingerprint density at radius 3 is 1.96 bits per heavy atom. The Kier molecular flexibility index (Phi) is 5.49. The largest absolute Gasteiger partial charge is 0.444 e. The minimum Gasteiger partial charge on any atom is -0.444 e. The van der Waals surface area contributed by atoms with Crippen molar-refractivity contribution in [1.82, 2.24) is 0 Å². The first kappa shape index (κ1) is 18.0. The molecule has 23 heavy (non-hydrogen) atoms. The monoisotopic (exact) mass is 330 g/mol. The molecule has 0 aliphatic carbocycles. The van der Waals surface area contributed by atoms with Crippen LogP contribution in [0.3, 0.4) is 0 Å². The fourth-order valence-electron chi connectivity index (χ4n) is 3.10. The van der Waals surface area contributed by atoms with Crippen LogP contribution < -0.4 is 9.83 Å². The highest BCUT2D eigenvalue weighted by atomic mass is 31.2. The third-order valence-electron chi connectivity index (χ3n) is 3.78. The molecular formula is C20H27O2P. The van der Waals surface area contributed by atoms with E-state index in [0.717, 1.165) is 11.7 Å². The van der Waals surface area contributed by atoms with Gasteiger partial charge in [0.2, 0.25) is 0 Å². The van der Waals surface area contributed by atoms with Crippen molar-refractivity contribution < 1.29 is 9.42 Å². The van der Waals surface area contributed by atoms with Crippen molar-refractivity contribution in [3.8, 4) is 5.75 Å². The van der Waals surface area contributed by atoms with Crippen LogP contribution in [0.15, 0.2) is 54.6 Å². The Bertz CT molecular complexity index is 612. The number of benzene rings is 2. The molecule has 2 rings (SSSR count). The highest BCUT2D eigenvalue weighted by Gasteiger charge is 2.27. The molecule has 2 nitrogen and oxygen atoms in total. The van der Waals surface area contributed by atoms with Crippen LogP contribution in [0.1, 0.15) is 46.6 Å². The standard InChI is InChI=1S/C20H27O2P/c1-19(2,3)15-20(4,5)16-11-13-17(14-12-16)22-23(21)18-9-7-6-8-10-18/h6-14,21H,15H2,1-5H3. The number of hydrogen-bond acceptors (Lipinski definition) is 2. The second-order valence-electron chi connectivity index (χ2n) is 7.85. The van der Waals surface area contributed by atoms with E-state index in [0.29, 0.717) is 5.75 Å². The van der Waals surface area contributed by atoms with Gasteiger partial charge in [0.1, 0.15) is 5.75 Å². The van der Waals surface area contributed by atoms with Gasteiger partial charge in [-0.2, -0.15) is 0 Å². The maximum atomic E-state index is 10.2. The number of rotatable bonds is 5. The lowest BCUT2D eigenvalue weighted by Crippen LogP contribution is -2.24.